The van der Waals surface area contributed by atoms with Crippen LogP contribution in [0.25, 0.3) is 22.3 Å². The number of benzene rings is 1. The molecular weight excluding hydrogens is 516 g/mol. The van der Waals surface area contributed by atoms with Gasteiger partial charge in [0.25, 0.3) is 5.56 Å². The highest BCUT2D eigenvalue weighted by Gasteiger charge is 2.50. The van der Waals surface area contributed by atoms with E-state index in [1.807, 2.05) is 24.3 Å². The van der Waals surface area contributed by atoms with Gasteiger partial charge in [0.1, 0.15) is 6.61 Å². The first-order valence-corrected chi connectivity index (χ1v) is 12.2. The topological polar surface area (TPSA) is 103 Å². The Hall–Kier alpha value is -3.24. The minimum Gasteiger partial charge on any atom is -0.457 e. The third-order valence-electron chi connectivity index (χ3n) is 6.74. The fourth-order valence-electron chi connectivity index (χ4n) is 4.72. The molecule has 0 saturated carbocycles. The summed E-state index contributed by atoms with van der Waals surface area (Å²) < 4.78 is 13.8. The van der Waals surface area contributed by atoms with Crippen LogP contribution in [0.3, 0.4) is 0 Å². The zero-order chi connectivity index (χ0) is 24.9. The minimum absolute atomic E-state index is 0.123. The predicted molar refractivity (Wildman–Crippen MR) is 133 cm³/mol. The van der Waals surface area contributed by atoms with Gasteiger partial charge in [0.2, 0.25) is 5.60 Å². The normalized spacial score (nSPS) is 18.0. The summed E-state index contributed by atoms with van der Waals surface area (Å²) in [4.78, 5) is 45.8. The highest BCUT2D eigenvalue weighted by atomic mass is 79.9. The summed E-state index contributed by atoms with van der Waals surface area (Å²) in [6.07, 6.45) is -0.542. The average molecular weight is 541 g/mol. The lowest BCUT2D eigenvalue weighted by molar-refractivity contribution is -0.173. The number of nitrogens with one attached hydrogen (secondary N) is 1. The van der Waals surface area contributed by atoms with Crippen LogP contribution < -0.4 is 10.9 Å². The molecule has 0 aliphatic carbocycles. The van der Waals surface area contributed by atoms with Crippen molar-refractivity contribution < 1.29 is 19.1 Å². The van der Waals surface area contributed by atoms with Gasteiger partial charge in [-0.15, -0.1) is 0 Å². The monoisotopic (exact) mass is 540 g/mol. The molecule has 2 aliphatic heterocycles. The highest BCUT2D eigenvalue weighted by Crippen LogP contribution is 2.41. The van der Waals surface area contributed by atoms with Crippen LogP contribution in [-0.2, 0) is 33.0 Å². The third kappa shape index (κ3) is 3.63. The largest absolute Gasteiger partial charge is 0.457 e. The number of rotatable bonds is 5. The van der Waals surface area contributed by atoms with E-state index in [0.29, 0.717) is 42.1 Å². The maximum absolute atomic E-state index is 13.6. The van der Waals surface area contributed by atoms with Gasteiger partial charge in [0.05, 0.1) is 29.0 Å². The molecule has 182 valence electrons. The van der Waals surface area contributed by atoms with Gasteiger partial charge in [-0.1, -0.05) is 28.9 Å². The second-order valence-corrected chi connectivity index (χ2v) is 9.62. The van der Waals surface area contributed by atoms with E-state index in [1.165, 1.54) is 4.90 Å². The number of nitrogens with zero attached hydrogens (tertiary/aromatic N) is 3. The zero-order valence-corrected chi connectivity index (χ0v) is 21.3. The van der Waals surface area contributed by atoms with E-state index in [0.717, 1.165) is 20.9 Å². The molecule has 0 radical (unpaired) electrons. The number of cyclic esters (lactones) is 1. The van der Waals surface area contributed by atoms with Crippen molar-refractivity contribution in [1.29, 1.82) is 0 Å². The highest BCUT2D eigenvalue weighted by molar-refractivity contribution is 9.10. The first-order valence-electron chi connectivity index (χ1n) is 11.4. The summed E-state index contributed by atoms with van der Waals surface area (Å²) >= 11 is 3.57. The van der Waals surface area contributed by atoms with Crippen LogP contribution >= 0.6 is 15.9 Å². The molecule has 0 saturated heterocycles. The van der Waals surface area contributed by atoms with E-state index in [9.17, 15) is 14.4 Å². The lowest BCUT2D eigenvalue weighted by Gasteiger charge is -2.36. The Balaban J connectivity index is 1.65. The summed E-state index contributed by atoms with van der Waals surface area (Å²) in [6.45, 7) is 2.89. The molecule has 0 bridgehead atoms. The van der Waals surface area contributed by atoms with Crippen LogP contribution in [0.15, 0.2) is 39.6 Å². The quantitative estimate of drug-likeness (QED) is 0.388. The van der Waals surface area contributed by atoms with E-state index in [1.54, 1.807) is 31.7 Å². The van der Waals surface area contributed by atoms with Crippen molar-refractivity contribution in [3.63, 3.8) is 0 Å². The third-order valence-corrected chi connectivity index (χ3v) is 7.43. The lowest BCUT2D eigenvalue weighted by Crippen LogP contribution is -2.49. The van der Waals surface area contributed by atoms with Crippen LogP contribution in [-0.4, -0.2) is 53.7 Å². The molecule has 1 amide bonds. The van der Waals surface area contributed by atoms with Crippen molar-refractivity contribution in [2.75, 3.05) is 27.2 Å². The molecule has 1 N–H and O–H groups in total. The summed E-state index contributed by atoms with van der Waals surface area (Å²) in [5, 5.41) is 3.93. The minimum atomic E-state index is -1.71. The average Bonchev–Trinajstić information content (AvgIpc) is 3.21. The first kappa shape index (κ1) is 23.5. The molecule has 1 aromatic carbocycles. The molecular formula is C25H25BrN4O5. The van der Waals surface area contributed by atoms with Crippen LogP contribution in [0.4, 0.5) is 4.79 Å². The first-order chi connectivity index (χ1) is 16.8. The van der Waals surface area contributed by atoms with Gasteiger partial charge in [0, 0.05) is 41.1 Å². The van der Waals surface area contributed by atoms with Crippen LogP contribution in [0, 0.1) is 0 Å². The number of hydrogen-bond acceptors (Lipinski definition) is 7. The number of carbonyl (C=O) groups is 2. The number of pyridine rings is 2. The second kappa shape index (κ2) is 8.76. The van der Waals surface area contributed by atoms with E-state index >= 15 is 0 Å². The number of halogens is 1. The van der Waals surface area contributed by atoms with Crippen molar-refractivity contribution >= 4 is 38.9 Å². The Labute approximate surface area is 210 Å². The van der Waals surface area contributed by atoms with E-state index in [-0.39, 0.29) is 18.6 Å². The predicted octanol–water partition coefficient (Wildman–Crippen LogP) is 3.14. The number of fused-ring (bicyclic) bond motifs is 5. The Morgan fingerprint density at radius 3 is 2.89 bits per heavy atom. The summed E-state index contributed by atoms with van der Waals surface area (Å²) in [6, 6.07) is 9.56. The number of carbonyl (C=O) groups excluding carboxylic acids is 2. The summed E-state index contributed by atoms with van der Waals surface area (Å²) in [5.74, 6) is -0.680. The van der Waals surface area contributed by atoms with Gasteiger partial charge in [0.15, 0.2) is 0 Å². The van der Waals surface area contributed by atoms with Crippen molar-refractivity contribution in [3.05, 3.63) is 61.8 Å². The standard InChI is InChI=1S/C25H25BrN4O5/c1-4-25(35-24(33)29(3)9-8-27-2)17-11-20-21-14(10-15-18(26)6-5-7-19(15)28-21)12-30(20)22(31)16(17)13-34-23(25)32/h5-7,10-11,27H,4,8-9,12-13H2,1-3H3/t25-/m0/s1. The molecule has 2 aliphatic rings. The Bertz CT molecular complexity index is 1440. The Kier molecular flexibility index (Phi) is 5.88. The van der Waals surface area contributed by atoms with Crippen LogP contribution in [0.2, 0.25) is 0 Å². The van der Waals surface area contributed by atoms with Gasteiger partial charge in [-0.05, 0) is 37.7 Å². The van der Waals surface area contributed by atoms with Crippen LogP contribution in [0.1, 0.15) is 30.0 Å². The number of ether oxygens (including phenoxy) is 2. The van der Waals surface area contributed by atoms with Gasteiger partial charge < -0.3 is 24.3 Å². The van der Waals surface area contributed by atoms with E-state index in [4.69, 9.17) is 14.5 Å². The van der Waals surface area contributed by atoms with Crippen molar-refractivity contribution in [3.8, 4) is 11.4 Å². The number of aromatic nitrogens is 2. The molecule has 0 fully saturated rings. The zero-order valence-electron chi connectivity index (χ0n) is 19.7. The van der Waals surface area contributed by atoms with Crippen LogP contribution in [0.5, 0.6) is 0 Å². The molecule has 9 nitrogen and oxygen atoms in total. The number of likely N-dealkylation sites (N-methyl/N-ethyl adjacent to an activating group) is 2. The van der Waals surface area contributed by atoms with Gasteiger partial charge >= 0.3 is 12.1 Å². The van der Waals surface area contributed by atoms with Gasteiger partial charge in [-0.25, -0.2) is 14.6 Å². The Morgan fingerprint density at radius 2 is 2.14 bits per heavy atom. The molecule has 1 atom stereocenters. The molecule has 35 heavy (non-hydrogen) atoms. The van der Waals surface area contributed by atoms with Crippen molar-refractivity contribution in [1.82, 2.24) is 19.8 Å². The second-order valence-electron chi connectivity index (χ2n) is 8.77. The van der Waals surface area contributed by atoms with Gasteiger partial charge in [-0.3, -0.25) is 4.79 Å². The molecule has 0 unspecified atom stereocenters. The number of esters is 1. The summed E-state index contributed by atoms with van der Waals surface area (Å²) in [5.41, 5.74) is 1.66. The van der Waals surface area contributed by atoms with E-state index < -0.39 is 17.7 Å². The molecule has 10 heteroatoms. The fourth-order valence-corrected chi connectivity index (χ4v) is 5.19. The van der Waals surface area contributed by atoms with Crippen molar-refractivity contribution in [2.45, 2.75) is 32.1 Å². The SMILES string of the molecule is CC[C@@]1(OC(=O)N(C)CCNC)C(=O)OCc2c1cc1n(c2=O)Cc2cc3c(Br)cccc3nc2-1. The molecule has 3 aromatic rings. The number of hydrogen-bond donors (Lipinski definition) is 1. The molecule has 5 rings (SSSR count). The lowest BCUT2D eigenvalue weighted by atomic mass is 9.85. The number of amides is 1. The molecule has 0 spiro atoms. The Morgan fingerprint density at radius 1 is 1.34 bits per heavy atom. The maximum Gasteiger partial charge on any atom is 0.411 e. The smallest absolute Gasteiger partial charge is 0.411 e. The summed E-state index contributed by atoms with van der Waals surface area (Å²) in [7, 11) is 3.38. The fraction of sp³-hybridized carbons (Fsp3) is 0.360. The van der Waals surface area contributed by atoms with Gasteiger partial charge in [-0.2, -0.15) is 0 Å². The maximum atomic E-state index is 13.6. The van der Waals surface area contributed by atoms with Crippen molar-refractivity contribution in [2.24, 2.45) is 0 Å². The molecule has 4 heterocycles. The van der Waals surface area contributed by atoms with E-state index in [2.05, 4.69) is 21.2 Å². The molecule has 2 aromatic heterocycles.